The summed E-state index contributed by atoms with van der Waals surface area (Å²) in [6, 6.07) is 0. The summed E-state index contributed by atoms with van der Waals surface area (Å²) >= 11 is 0. The smallest absolute Gasteiger partial charge is 0.214 e. The van der Waals surface area contributed by atoms with E-state index < -0.39 is 5.97 Å². The molecule has 1 N–H and O–H groups in total. The molecule has 0 saturated heterocycles. The van der Waals surface area contributed by atoms with E-state index in [2.05, 4.69) is 10.0 Å². The highest BCUT2D eigenvalue weighted by atomic mass is 16.6. The maximum absolute atomic E-state index is 10.1. The van der Waals surface area contributed by atoms with Crippen LogP contribution in [0.25, 0.3) is 0 Å². The van der Waals surface area contributed by atoms with Crippen molar-refractivity contribution in [3.05, 3.63) is 0 Å². The number of carboxylic acids is 1. The van der Waals surface area contributed by atoms with Gasteiger partial charge in [-0.25, -0.2) is 0 Å². The minimum Gasteiger partial charge on any atom is -0.550 e. The number of nitrogens with zero attached hydrogens (tertiary/aromatic N) is 2. The van der Waals surface area contributed by atoms with Gasteiger partial charge in [0.05, 0.1) is 66.1 Å². The average molecular weight is 335 g/mol. The average Bonchev–Trinajstić information content (AvgIpc) is 2.53. The van der Waals surface area contributed by atoms with Crippen LogP contribution in [0, 0.1) is 5.53 Å². The number of hydrogen-bond acceptors (Lipinski definition) is 9. The van der Waals surface area contributed by atoms with E-state index in [1.54, 1.807) is 0 Å². The van der Waals surface area contributed by atoms with Crippen molar-refractivity contribution in [3.63, 3.8) is 0 Å². The largest absolute Gasteiger partial charge is 0.550 e. The molecule has 0 bridgehead atoms. The summed E-state index contributed by atoms with van der Waals surface area (Å²) in [6.07, 6.45) is -0.107. The summed E-state index contributed by atoms with van der Waals surface area (Å²) in [7, 11) is 0. The molecule has 10 nitrogen and oxygen atoms in total. The Hall–Kier alpha value is -1.42. The maximum Gasteiger partial charge on any atom is 0.214 e. The molecular weight excluding hydrogens is 310 g/mol. The van der Waals surface area contributed by atoms with Crippen molar-refractivity contribution in [2.24, 2.45) is 5.11 Å². The van der Waals surface area contributed by atoms with Gasteiger partial charge in [0, 0.05) is 12.4 Å². The van der Waals surface area contributed by atoms with Gasteiger partial charge < -0.3 is 33.6 Å². The topological polar surface area (TPSA) is 137 Å². The molecule has 0 heterocycles. The monoisotopic (exact) mass is 335 g/mol. The standard InChI is InChI=1S/C13H25N3O7/c14-16-15-2-4-20-6-8-22-10-12-23-11-9-21-7-5-19-3-1-13(17)18/h14H,1-12H2. The third-order valence-corrected chi connectivity index (χ3v) is 2.34. The predicted molar refractivity (Wildman–Crippen MR) is 75.9 cm³/mol. The van der Waals surface area contributed by atoms with Crippen LogP contribution >= 0.6 is 0 Å². The molecule has 0 aliphatic carbocycles. The lowest BCUT2D eigenvalue weighted by Gasteiger charge is -2.07. The van der Waals surface area contributed by atoms with Crippen LogP contribution in [-0.4, -0.2) is 78.6 Å². The molecule has 0 spiro atoms. The van der Waals surface area contributed by atoms with Crippen molar-refractivity contribution in [3.8, 4) is 0 Å². The molecule has 0 aromatic carbocycles. The quantitative estimate of drug-likeness (QED) is 0.188. The molecule has 0 aliphatic heterocycles. The minimum absolute atomic E-state index is 0.107. The number of rotatable bonds is 18. The number of hydrogen-bond donors (Lipinski definition) is 1. The van der Waals surface area contributed by atoms with E-state index in [9.17, 15) is 9.90 Å². The molecule has 0 radical (unpaired) electrons. The normalized spacial score (nSPS) is 10.4. The lowest BCUT2D eigenvalue weighted by Crippen LogP contribution is -2.24. The van der Waals surface area contributed by atoms with E-state index in [-0.39, 0.29) is 13.0 Å². The van der Waals surface area contributed by atoms with Crippen molar-refractivity contribution in [1.29, 1.82) is 5.53 Å². The van der Waals surface area contributed by atoms with E-state index in [4.69, 9.17) is 29.2 Å². The summed E-state index contributed by atoms with van der Waals surface area (Å²) in [4.78, 5) is 13.0. The molecule has 0 aromatic heterocycles. The molecule has 0 aliphatic rings. The Balaban J connectivity index is 3.00. The molecule has 0 rings (SSSR count). The Morgan fingerprint density at radius 1 is 0.783 bits per heavy atom. The fourth-order valence-electron chi connectivity index (χ4n) is 1.29. The highest BCUT2D eigenvalue weighted by Crippen LogP contribution is 1.85. The number of aliphatic carboxylic acids is 1. The van der Waals surface area contributed by atoms with E-state index in [0.29, 0.717) is 66.0 Å². The summed E-state index contributed by atoms with van der Waals surface area (Å²) in [5.41, 5.74) is 6.44. The zero-order valence-electron chi connectivity index (χ0n) is 13.2. The second kappa shape index (κ2) is 18.6. The van der Waals surface area contributed by atoms with E-state index in [1.807, 2.05) is 0 Å². The fourth-order valence-corrected chi connectivity index (χ4v) is 1.29. The van der Waals surface area contributed by atoms with Crippen molar-refractivity contribution in [1.82, 2.24) is 4.91 Å². The SMILES string of the molecule is N=[N+]=NCCOCCOCCOCCOCCOCCC(=O)[O-]. The first-order chi connectivity index (χ1) is 11.3. The summed E-state index contributed by atoms with van der Waals surface area (Å²) < 4.78 is 26.0. The Morgan fingerprint density at radius 2 is 1.17 bits per heavy atom. The Labute approximate surface area is 135 Å². The number of carbonyl (C=O) groups is 1. The number of carboxylic acid groups (broad SMARTS) is 1. The van der Waals surface area contributed by atoms with Crippen LogP contribution in [-0.2, 0) is 28.5 Å². The van der Waals surface area contributed by atoms with Crippen LogP contribution in [0.1, 0.15) is 6.42 Å². The fraction of sp³-hybridized carbons (Fsp3) is 0.923. The van der Waals surface area contributed by atoms with Gasteiger partial charge in [0.25, 0.3) is 0 Å². The second-order valence-electron chi connectivity index (χ2n) is 4.15. The number of carbonyl (C=O) groups excluding carboxylic acids is 1. The highest BCUT2D eigenvalue weighted by Gasteiger charge is 1.94. The van der Waals surface area contributed by atoms with Gasteiger partial charge in [-0.1, -0.05) is 0 Å². The van der Waals surface area contributed by atoms with Gasteiger partial charge in [-0.15, -0.1) is 0 Å². The first-order valence-electron chi connectivity index (χ1n) is 7.39. The summed E-state index contributed by atoms with van der Waals surface area (Å²) in [5, 5.41) is 13.5. The van der Waals surface area contributed by atoms with Gasteiger partial charge in [-0.05, 0) is 0 Å². The van der Waals surface area contributed by atoms with Crippen molar-refractivity contribution in [2.45, 2.75) is 6.42 Å². The summed E-state index contributed by atoms with van der Waals surface area (Å²) in [5.74, 6) is -1.12. The predicted octanol–water partition coefficient (Wildman–Crippen LogP) is -1.24. The molecule has 23 heavy (non-hydrogen) atoms. The molecular formula is C13H25N3O7. The van der Waals surface area contributed by atoms with Gasteiger partial charge in [0.15, 0.2) is 0 Å². The van der Waals surface area contributed by atoms with Crippen LogP contribution in [0.5, 0.6) is 0 Å². The molecule has 0 atom stereocenters. The van der Waals surface area contributed by atoms with Gasteiger partial charge in [-0.2, -0.15) is 0 Å². The van der Waals surface area contributed by atoms with Crippen LogP contribution in [0.15, 0.2) is 5.11 Å². The Morgan fingerprint density at radius 3 is 1.57 bits per heavy atom. The van der Waals surface area contributed by atoms with Gasteiger partial charge in [0.2, 0.25) is 4.91 Å². The number of ether oxygens (including phenoxy) is 5. The minimum atomic E-state index is -1.12. The highest BCUT2D eigenvalue weighted by molar-refractivity contribution is 5.64. The molecule has 10 heteroatoms. The van der Waals surface area contributed by atoms with Crippen LogP contribution in [0.4, 0.5) is 0 Å². The van der Waals surface area contributed by atoms with Crippen molar-refractivity contribution < 1.29 is 33.6 Å². The van der Waals surface area contributed by atoms with E-state index in [1.165, 1.54) is 0 Å². The molecule has 0 fully saturated rings. The van der Waals surface area contributed by atoms with E-state index >= 15 is 0 Å². The van der Waals surface area contributed by atoms with Gasteiger partial charge in [-0.3, -0.25) is 0 Å². The first-order valence-corrected chi connectivity index (χ1v) is 7.39. The van der Waals surface area contributed by atoms with Crippen LogP contribution in [0.2, 0.25) is 0 Å². The van der Waals surface area contributed by atoms with Crippen LogP contribution in [0.3, 0.4) is 0 Å². The molecule has 0 saturated carbocycles. The Kier molecular flexibility index (Phi) is 17.5. The second-order valence-corrected chi connectivity index (χ2v) is 4.15. The molecule has 134 valence electrons. The third-order valence-electron chi connectivity index (χ3n) is 2.34. The van der Waals surface area contributed by atoms with Gasteiger partial charge in [0.1, 0.15) is 17.2 Å². The first kappa shape index (κ1) is 21.6. The van der Waals surface area contributed by atoms with Gasteiger partial charge >= 0.3 is 0 Å². The lowest BCUT2D eigenvalue weighted by atomic mass is 10.5. The maximum atomic E-state index is 10.1. The zero-order valence-corrected chi connectivity index (χ0v) is 13.2. The molecule has 0 amide bonds. The zero-order chi connectivity index (χ0) is 17.0. The van der Waals surface area contributed by atoms with Crippen molar-refractivity contribution >= 4 is 5.97 Å². The van der Waals surface area contributed by atoms with Crippen molar-refractivity contribution in [2.75, 3.05) is 72.6 Å². The number of nitrogens with one attached hydrogen (secondary N) is 1. The molecule has 0 aromatic rings. The van der Waals surface area contributed by atoms with E-state index in [0.717, 1.165) is 0 Å². The van der Waals surface area contributed by atoms with Crippen LogP contribution < -0.4 is 10.0 Å². The summed E-state index contributed by atoms with van der Waals surface area (Å²) in [6.45, 7) is 4.47. The third kappa shape index (κ3) is 20.6. The molecule has 0 unspecified atom stereocenters. The lowest BCUT2D eigenvalue weighted by molar-refractivity contribution is -0.306. The Bertz CT molecular complexity index is 309.